The first kappa shape index (κ1) is 11.0. The van der Waals surface area contributed by atoms with Gasteiger partial charge >= 0.3 is 7.12 Å². The van der Waals surface area contributed by atoms with Gasteiger partial charge in [-0.25, -0.2) is 0 Å². The van der Waals surface area contributed by atoms with Gasteiger partial charge in [-0.1, -0.05) is 18.7 Å². The van der Waals surface area contributed by atoms with Crippen molar-refractivity contribution < 1.29 is 19.6 Å². The highest BCUT2D eigenvalue weighted by atomic mass is 16.7. The Bertz CT molecular complexity index is 719. The Kier molecular flexibility index (Phi) is 2.80. The Morgan fingerprint density at radius 3 is 2.10 bits per heavy atom. The van der Waals surface area contributed by atoms with E-state index in [1.165, 1.54) is 6.92 Å². The molecule has 0 spiro atoms. The van der Waals surface area contributed by atoms with Gasteiger partial charge in [-0.05, 0) is 52.2 Å². The molecule has 0 saturated carbocycles. The number of carbonyl (C=O) groups excluding carboxylic acids is 1. The predicted molar refractivity (Wildman–Crippen MR) is 85.6 cm³/mol. The summed E-state index contributed by atoms with van der Waals surface area (Å²) in [6, 6.07) is -1.34. The van der Waals surface area contributed by atoms with Gasteiger partial charge in [-0.15, -0.1) is 0 Å². The molecule has 112 valence electrons. The molecule has 1 aliphatic rings. The monoisotopic (exact) mass is 291 g/mol. The highest BCUT2D eigenvalue weighted by molar-refractivity contribution is 6.62. The van der Waals surface area contributed by atoms with Crippen LogP contribution in [0.4, 0.5) is 5.69 Å². The Hall–Kier alpha value is -1.59. The molecule has 0 atom stereocenters. The minimum absolute atomic E-state index is 0.0157. The molecule has 0 aliphatic carbocycles. The maximum Gasteiger partial charge on any atom is 0.494 e. The molecule has 0 aromatic heterocycles. The number of hydrogen-bond acceptors (Lipinski definition) is 3. The van der Waals surface area contributed by atoms with E-state index < -0.39 is 24.2 Å². The first-order valence-corrected chi connectivity index (χ1v) is 6.73. The second-order valence-electron chi connectivity index (χ2n) is 6.11. The Balaban J connectivity index is 2.53. The average Bonchev–Trinajstić information content (AvgIpc) is 2.69. The summed E-state index contributed by atoms with van der Waals surface area (Å²) >= 11 is 0. The van der Waals surface area contributed by atoms with Crippen molar-refractivity contribution >= 4 is 24.2 Å². The standard InChI is InChI=1S/C16H22BNO3/c1-11(2)14(19)18-13-9-7-12(8-10-13)17-20-15(3,4)16(5,6)21-17/h7-10H,1H2,2-6H3,(H,18,19)/i7D,8D,9D,10D. The van der Waals surface area contributed by atoms with Crippen LogP contribution >= 0.6 is 0 Å². The fraction of sp³-hybridized carbons (Fsp3) is 0.438. The van der Waals surface area contributed by atoms with Crippen LogP contribution in [0, 0.1) is 0 Å². The number of hydrogen-bond donors (Lipinski definition) is 1. The van der Waals surface area contributed by atoms with Crippen molar-refractivity contribution in [1.82, 2.24) is 0 Å². The molecule has 21 heavy (non-hydrogen) atoms. The maximum absolute atomic E-state index is 11.8. The van der Waals surface area contributed by atoms with Gasteiger partial charge in [0.05, 0.1) is 16.7 Å². The largest absolute Gasteiger partial charge is 0.494 e. The van der Waals surface area contributed by atoms with Crippen LogP contribution < -0.4 is 10.8 Å². The van der Waals surface area contributed by atoms with E-state index in [2.05, 4.69) is 11.9 Å². The summed E-state index contributed by atoms with van der Waals surface area (Å²) in [5.74, 6) is -0.566. The van der Waals surface area contributed by atoms with E-state index in [0.29, 0.717) is 0 Å². The summed E-state index contributed by atoms with van der Waals surface area (Å²) in [7, 11) is -1.02. The molecule has 1 fully saturated rings. The van der Waals surface area contributed by atoms with E-state index in [1.807, 2.05) is 27.7 Å². The number of rotatable bonds is 3. The Labute approximate surface area is 132 Å². The molecule has 5 heteroatoms. The molecule has 0 radical (unpaired) electrons. The fourth-order valence-corrected chi connectivity index (χ4v) is 1.68. The number of nitrogens with one attached hydrogen (secondary N) is 1. The summed E-state index contributed by atoms with van der Waals surface area (Å²) in [6.45, 7) is 12.3. The summed E-state index contributed by atoms with van der Waals surface area (Å²) in [4.78, 5) is 11.8. The second-order valence-corrected chi connectivity index (χ2v) is 6.11. The molecule has 1 aromatic carbocycles. The van der Waals surface area contributed by atoms with Gasteiger partial charge in [-0.3, -0.25) is 4.79 Å². The molecule has 1 N–H and O–H groups in total. The molecule has 1 aromatic rings. The smallest absolute Gasteiger partial charge is 0.399 e. The number of anilines is 1. The maximum atomic E-state index is 11.8. The molecule has 2 rings (SSSR count). The van der Waals surface area contributed by atoms with E-state index in [1.54, 1.807) is 0 Å². The van der Waals surface area contributed by atoms with E-state index >= 15 is 0 Å². The van der Waals surface area contributed by atoms with E-state index in [-0.39, 0.29) is 40.9 Å². The van der Waals surface area contributed by atoms with E-state index in [0.717, 1.165) is 0 Å². The van der Waals surface area contributed by atoms with Crippen LogP contribution in [-0.2, 0) is 14.1 Å². The lowest BCUT2D eigenvalue weighted by Gasteiger charge is -2.32. The molecular formula is C16H22BNO3. The fourth-order valence-electron chi connectivity index (χ4n) is 1.68. The van der Waals surface area contributed by atoms with E-state index in [9.17, 15) is 4.79 Å². The lowest BCUT2D eigenvalue weighted by Crippen LogP contribution is -2.41. The highest BCUT2D eigenvalue weighted by Crippen LogP contribution is 2.36. The predicted octanol–water partition coefficient (Wildman–Crippen LogP) is 2.50. The van der Waals surface area contributed by atoms with E-state index in [4.69, 9.17) is 14.8 Å². The Morgan fingerprint density at radius 2 is 1.67 bits per heavy atom. The van der Waals surface area contributed by atoms with Gasteiger partial charge in [0, 0.05) is 11.3 Å². The van der Waals surface area contributed by atoms with Crippen molar-refractivity contribution in [3.8, 4) is 0 Å². The van der Waals surface area contributed by atoms with Crippen molar-refractivity contribution in [2.75, 3.05) is 5.32 Å². The van der Waals surface area contributed by atoms with Gasteiger partial charge < -0.3 is 14.6 Å². The van der Waals surface area contributed by atoms with Gasteiger partial charge in [0.1, 0.15) is 0 Å². The number of benzene rings is 1. The minimum atomic E-state index is -1.02. The van der Waals surface area contributed by atoms with Gasteiger partial charge in [0.25, 0.3) is 5.91 Å². The van der Waals surface area contributed by atoms with Gasteiger partial charge in [-0.2, -0.15) is 0 Å². The zero-order valence-electron chi connectivity index (χ0n) is 17.0. The third-order valence-corrected chi connectivity index (χ3v) is 3.76. The van der Waals surface area contributed by atoms with Crippen molar-refractivity contribution in [2.24, 2.45) is 0 Å². The number of carbonyl (C=O) groups is 1. The lowest BCUT2D eigenvalue weighted by molar-refractivity contribution is -0.112. The van der Waals surface area contributed by atoms with Crippen LogP contribution in [0.3, 0.4) is 0 Å². The summed E-state index contributed by atoms with van der Waals surface area (Å²) in [6.07, 6.45) is 0. The summed E-state index contributed by atoms with van der Waals surface area (Å²) < 4.78 is 44.4. The molecular weight excluding hydrogens is 265 g/mol. The molecule has 1 aliphatic heterocycles. The second kappa shape index (κ2) is 5.32. The van der Waals surface area contributed by atoms with Crippen LogP contribution in [-0.4, -0.2) is 24.2 Å². The van der Waals surface area contributed by atoms with Crippen LogP contribution in [0.2, 0.25) is 0 Å². The van der Waals surface area contributed by atoms with Gasteiger partial charge in [0.15, 0.2) is 0 Å². The first-order valence-electron chi connectivity index (χ1n) is 8.73. The molecule has 4 nitrogen and oxygen atoms in total. The first-order chi connectivity index (χ1) is 11.3. The van der Waals surface area contributed by atoms with Crippen molar-refractivity contribution in [2.45, 2.75) is 45.8 Å². The zero-order chi connectivity index (χ0) is 19.3. The molecule has 0 unspecified atom stereocenters. The van der Waals surface area contributed by atoms with Crippen molar-refractivity contribution in [3.63, 3.8) is 0 Å². The normalized spacial score (nSPS) is 22.0. The number of amides is 1. The molecule has 1 saturated heterocycles. The summed E-state index contributed by atoms with van der Waals surface area (Å²) in [5, 5.41) is 2.37. The summed E-state index contributed by atoms with van der Waals surface area (Å²) in [5.41, 5.74) is -1.32. The van der Waals surface area contributed by atoms with Crippen molar-refractivity contribution in [1.29, 1.82) is 0 Å². The topological polar surface area (TPSA) is 47.6 Å². The minimum Gasteiger partial charge on any atom is -0.399 e. The molecule has 1 amide bonds. The zero-order valence-corrected chi connectivity index (χ0v) is 13.0. The van der Waals surface area contributed by atoms with Crippen LogP contribution in [0.1, 0.15) is 40.1 Å². The quantitative estimate of drug-likeness (QED) is 0.687. The van der Waals surface area contributed by atoms with Crippen LogP contribution in [0.15, 0.2) is 36.3 Å². The average molecular weight is 291 g/mol. The molecule has 0 bridgehead atoms. The molecule has 1 heterocycles. The lowest BCUT2D eigenvalue weighted by atomic mass is 9.79. The SMILES string of the molecule is [2H]c1c([2H])c(B2OC(C)(C)C(C)(C)O2)c([2H])c([2H])c1NC(=O)C(=C)C. The van der Waals surface area contributed by atoms with Gasteiger partial charge in [0.2, 0.25) is 0 Å². The van der Waals surface area contributed by atoms with Crippen LogP contribution in [0.5, 0.6) is 0 Å². The third-order valence-electron chi connectivity index (χ3n) is 3.76. The third kappa shape index (κ3) is 3.19. The highest BCUT2D eigenvalue weighted by Gasteiger charge is 2.51. The van der Waals surface area contributed by atoms with Crippen LogP contribution in [0.25, 0.3) is 0 Å². The Morgan fingerprint density at radius 1 is 1.19 bits per heavy atom. The van der Waals surface area contributed by atoms with Crippen molar-refractivity contribution in [3.05, 3.63) is 36.3 Å².